The van der Waals surface area contributed by atoms with Crippen LogP contribution in [0.5, 0.6) is 0 Å². The minimum absolute atomic E-state index is 0.0613. The maximum atomic E-state index is 11.8. The summed E-state index contributed by atoms with van der Waals surface area (Å²) in [7, 11) is -3.06. The van der Waals surface area contributed by atoms with Crippen LogP contribution in [0.4, 0.5) is 0 Å². The molecule has 92 valence electrons. The Hall–Kier alpha value is -0.810. The quantitative estimate of drug-likeness (QED) is 0.945. The number of hydrogen-bond acceptors (Lipinski definition) is 2. The van der Waals surface area contributed by atoms with Crippen LogP contribution in [0.1, 0.15) is 19.5 Å². The van der Waals surface area contributed by atoms with Crippen molar-refractivity contribution in [2.24, 2.45) is 0 Å². The van der Waals surface area contributed by atoms with Gasteiger partial charge < -0.3 is 4.98 Å². The highest BCUT2D eigenvalue weighted by molar-refractivity contribution is 9.10. The van der Waals surface area contributed by atoms with Gasteiger partial charge >= 0.3 is 0 Å². The molecule has 3 nitrogen and oxygen atoms in total. The van der Waals surface area contributed by atoms with Gasteiger partial charge in [0, 0.05) is 21.1 Å². The van der Waals surface area contributed by atoms with Crippen LogP contribution in [0.25, 0.3) is 10.9 Å². The molecular formula is C12H14BrNO2S. The van der Waals surface area contributed by atoms with Gasteiger partial charge in [-0.05, 0) is 32.0 Å². The van der Waals surface area contributed by atoms with Gasteiger partial charge in [-0.3, -0.25) is 0 Å². The normalized spacial score (nSPS) is 12.5. The molecule has 0 unspecified atom stereocenters. The molecule has 0 atom stereocenters. The zero-order chi connectivity index (χ0) is 12.6. The second-order valence-corrected chi connectivity index (χ2v) is 7.76. The molecule has 0 aliphatic heterocycles. The molecule has 0 fully saturated rings. The Morgan fingerprint density at radius 2 is 2.06 bits per heavy atom. The summed E-state index contributed by atoms with van der Waals surface area (Å²) in [5.74, 6) is 0.0613. The molecule has 0 aliphatic rings. The number of aromatic amines is 1. The van der Waals surface area contributed by atoms with Crippen molar-refractivity contribution >= 4 is 36.7 Å². The van der Waals surface area contributed by atoms with Crippen molar-refractivity contribution in [2.75, 3.05) is 0 Å². The van der Waals surface area contributed by atoms with E-state index in [1.807, 2.05) is 24.3 Å². The fourth-order valence-electron chi connectivity index (χ4n) is 1.64. The lowest BCUT2D eigenvalue weighted by molar-refractivity contribution is 0.586. The minimum Gasteiger partial charge on any atom is -0.358 e. The van der Waals surface area contributed by atoms with Crippen LogP contribution in [0.2, 0.25) is 0 Å². The molecular weight excluding hydrogens is 302 g/mol. The summed E-state index contributed by atoms with van der Waals surface area (Å²) in [5, 5.41) is 0.666. The maximum Gasteiger partial charge on any atom is 0.158 e. The summed E-state index contributed by atoms with van der Waals surface area (Å²) in [6.07, 6.45) is 0. The van der Waals surface area contributed by atoms with Crippen LogP contribution in [0.3, 0.4) is 0 Å². The van der Waals surface area contributed by atoms with Crippen LogP contribution < -0.4 is 0 Å². The molecule has 2 rings (SSSR count). The molecule has 0 aliphatic carbocycles. The van der Waals surface area contributed by atoms with Gasteiger partial charge in [0.25, 0.3) is 0 Å². The molecule has 1 heterocycles. The molecule has 0 radical (unpaired) electrons. The minimum atomic E-state index is -3.06. The number of halogens is 1. The lowest BCUT2D eigenvalue weighted by Gasteiger charge is -2.05. The molecule has 1 aromatic heterocycles. The summed E-state index contributed by atoms with van der Waals surface area (Å²) in [6, 6.07) is 7.69. The number of aromatic nitrogens is 1. The Balaban J connectivity index is 2.42. The van der Waals surface area contributed by atoms with E-state index in [2.05, 4.69) is 20.9 Å². The van der Waals surface area contributed by atoms with E-state index in [4.69, 9.17) is 0 Å². The maximum absolute atomic E-state index is 11.8. The van der Waals surface area contributed by atoms with Gasteiger partial charge in [-0.1, -0.05) is 22.0 Å². The topological polar surface area (TPSA) is 49.9 Å². The van der Waals surface area contributed by atoms with Gasteiger partial charge in [0.2, 0.25) is 0 Å². The van der Waals surface area contributed by atoms with Crippen molar-refractivity contribution in [3.05, 3.63) is 34.4 Å². The third-order valence-electron chi connectivity index (χ3n) is 2.74. The van der Waals surface area contributed by atoms with Gasteiger partial charge in [0.05, 0.1) is 11.0 Å². The van der Waals surface area contributed by atoms with Crippen LogP contribution >= 0.6 is 15.9 Å². The summed E-state index contributed by atoms with van der Waals surface area (Å²) < 4.78 is 24.6. The molecule has 0 amide bonds. The first-order chi connectivity index (χ1) is 7.90. The number of fused-ring (bicyclic) bond motifs is 1. The summed E-state index contributed by atoms with van der Waals surface area (Å²) in [6.45, 7) is 3.40. The van der Waals surface area contributed by atoms with Crippen LogP contribution in [-0.4, -0.2) is 18.7 Å². The number of sulfone groups is 1. The van der Waals surface area contributed by atoms with E-state index in [1.54, 1.807) is 13.8 Å². The molecule has 2 aromatic rings. The number of H-pyrrole nitrogens is 1. The highest BCUT2D eigenvalue weighted by Crippen LogP contribution is 2.25. The SMILES string of the molecule is CC(C)S(=O)(=O)Cc1cc2c(Br)cccc2[nH]1. The molecule has 17 heavy (non-hydrogen) atoms. The largest absolute Gasteiger partial charge is 0.358 e. The van der Waals surface area contributed by atoms with E-state index in [0.717, 1.165) is 21.1 Å². The van der Waals surface area contributed by atoms with Gasteiger partial charge in [-0.25, -0.2) is 8.42 Å². The molecule has 0 saturated heterocycles. The van der Waals surface area contributed by atoms with E-state index < -0.39 is 9.84 Å². The Kier molecular flexibility index (Phi) is 3.32. The second-order valence-electron chi connectivity index (χ2n) is 4.35. The van der Waals surface area contributed by atoms with E-state index >= 15 is 0 Å². The Bertz CT molecular complexity index is 644. The third-order valence-corrected chi connectivity index (χ3v) is 5.58. The van der Waals surface area contributed by atoms with E-state index in [0.29, 0.717) is 0 Å². The van der Waals surface area contributed by atoms with Crippen LogP contribution in [0, 0.1) is 0 Å². The lowest BCUT2D eigenvalue weighted by atomic mass is 10.2. The van der Waals surface area contributed by atoms with Gasteiger partial charge in [-0.2, -0.15) is 0 Å². The Labute approximate surface area is 109 Å². The number of nitrogens with one attached hydrogen (secondary N) is 1. The van der Waals surface area contributed by atoms with Gasteiger partial charge in [0.15, 0.2) is 9.84 Å². The third kappa shape index (κ3) is 2.55. The summed E-state index contributed by atoms with van der Waals surface area (Å²) in [4.78, 5) is 3.14. The molecule has 1 aromatic carbocycles. The van der Waals surface area contributed by atoms with E-state index in [-0.39, 0.29) is 11.0 Å². The fourth-order valence-corrected chi connectivity index (χ4v) is 3.04. The van der Waals surface area contributed by atoms with Crippen molar-refractivity contribution in [3.63, 3.8) is 0 Å². The van der Waals surface area contributed by atoms with E-state index in [9.17, 15) is 8.42 Å². The monoisotopic (exact) mass is 315 g/mol. The van der Waals surface area contributed by atoms with Crippen LogP contribution in [0.15, 0.2) is 28.7 Å². The predicted molar refractivity (Wildman–Crippen MR) is 73.8 cm³/mol. The number of benzene rings is 1. The lowest BCUT2D eigenvalue weighted by Crippen LogP contribution is -2.16. The number of hydrogen-bond donors (Lipinski definition) is 1. The summed E-state index contributed by atoms with van der Waals surface area (Å²) in [5.41, 5.74) is 1.69. The van der Waals surface area contributed by atoms with E-state index in [1.165, 1.54) is 0 Å². The Morgan fingerprint density at radius 3 is 2.65 bits per heavy atom. The number of rotatable bonds is 3. The second kappa shape index (κ2) is 4.46. The molecule has 1 N–H and O–H groups in total. The zero-order valence-electron chi connectivity index (χ0n) is 9.70. The molecule has 5 heteroatoms. The van der Waals surface area contributed by atoms with Crippen molar-refractivity contribution < 1.29 is 8.42 Å². The zero-order valence-corrected chi connectivity index (χ0v) is 12.1. The smallest absolute Gasteiger partial charge is 0.158 e. The first-order valence-corrected chi connectivity index (χ1v) is 7.88. The summed E-state index contributed by atoms with van der Waals surface area (Å²) >= 11 is 3.45. The highest BCUT2D eigenvalue weighted by Gasteiger charge is 2.18. The average molecular weight is 316 g/mol. The average Bonchev–Trinajstić information content (AvgIpc) is 2.60. The van der Waals surface area contributed by atoms with Gasteiger partial charge in [0.1, 0.15) is 0 Å². The van der Waals surface area contributed by atoms with Crippen molar-refractivity contribution in [1.82, 2.24) is 4.98 Å². The first-order valence-electron chi connectivity index (χ1n) is 5.38. The van der Waals surface area contributed by atoms with Crippen molar-refractivity contribution in [2.45, 2.75) is 24.9 Å². The highest BCUT2D eigenvalue weighted by atomic mass is 79.9. The van der Waals surface area contributed by atoms with Crippen molar-refractivity contribution in [1.29, 1.82) is 0 Å². The fraction of sp³-hybridized carbons (Fsp3) is 0.333. The standard InChI is InChI=1S/C12H14BrNO2S/c1-8(2)17(15,16)7-9-6-10-11(13)4-3-5-12(10)14-9/h3-6,8,14H,7H2,1-2H3. The molecule has 0 saturated carbocycles. The molecule has 0 bridgehead atoms. The van der Waals surface area contributed by atoms with Gasteiger partial charge in [-0.15, -0.1) is 0 Å². The Morgan fingerprint density at radius 1 is 1.35 bits per heavy atom. The molecule has 0 spiro atoms. The van der Waals surface area contributed by atoms with Crippen LogP contribution in [-0.2, 0) is 15.6 Å². The first kappa shape index (κ1) is 12.6. The van der Waals surface area contributed by atoms with Crippen molar-refractivity contribution in [3.8, 4) is 0 Å². The predicted octanol–water partition coefficient (Wildman–Crippen LogP) is 3.25.